The van der Waals surface area contributed by atoms with E-state index in [0.29, 0.717) is 36.9 Å². The summed E-state index contributed by atoms with van der Waals surface area (Å²) in [5.41, 5.74) is 5.74. The van der Waals surface area contributed by atoms with Crippen molar-refractivity contribution in [1.82, 2.24) is 19.8 Å². The summed E-state index contributed by atoms with van der Waals surface area (Å²) in [6.45, 7) is 3.85. The molecule has 1 N–H and O–H groups in total. The Balaban J connectivity index is 1.22. The normalized spacial score (nSPS) is 14.7. The van der Waals surface area contributed by atoms with Crippen LogP contribution in [-0.4, -0.2) is 57.7 Å². The number of amidine groups is 1. The first kappa shape index (κ1) is 29.6. The van der Waals surface area contributed by atoms with Crippen LogP contribution < -0.4 is 9.99 Å². The fraction of sp³-hybridized carbons (Fsp3) is 0.321. The van der Waals surface area contributed by atoms with Crippen LogP contribution in [-0.2, 0) is 32.1 Å². The summed E-state index contributed by atoms with van der Waals surface area (Å²) in [4.78, 5) is 49.8. The molecule has 1 unspecified atom stereocenters. The molecule has 224 valence electrons. The van der Waals surface area contributed by atoms with Gasteiger partial charge in [-0.3, -0.25) is 9.69 Å². The topological polar surface area (TPSA) is 162 Å². The molecule has 43 heavy (non-hydrogen) atoms. The maximum absolute atomic E-state index is 12.8. The summed E-state index contributed by atoms with van der Waals surface area (Å²) in [5, 5.41) is 17.0. The molecule has 2 aliphatic heterocycles. The first-order chi connectivity index (χ1) is 20.8. The Morgan fingerprint density at radius 3 is 2.58 bits per heavy atom. The van der Waals surface area contributed by atoms with Crippen molar-refractivity contribution in [3.63, 3.8) is 0 Å². The van der Waals surface area contributed by atoms with Crippen molar-refractivity contribution in [3.05, 3.63) is 86.9 Å². The van der Waals surface area contributed by atoms with Crippen molar-refractivity contribution in [2.45, 2.75) is 39.7 Å². The Hall–Kier alpha value is -4.84. The van der Waals surface area contributed by atoms with E-state index in [9.17, 15) is 19.7 Å². The number of amides is 1. The van der Waals surface area contributed by atoms with Crippen LogP contribution in [0.3, 0.4) is 0 Å². The number of hydrazone groups is 1. The average molecular weight is 608 g/mol. The van der Waals surface area contributed by atoms with Crippen molar-refractivity contribution < 1.29 is 29.0 Å². The molecule has 0 bridgehead atoms. The minimum absolute atomic E-state index is 0.0435. The second-order valence-corrected chi connectivity index (χ2v) is 10.7. The van der Waals surface area contributed by atoms with E-state index in [1.807, 2.05) is 62.4 Å². The molecule has 2 aromatic carbocycles. The molecule has 0 spiro atoms. The molecule has 0 fully saturated rings. The third-order valence-electron chi connectivity index (χ3n) is 6.77. The maximum atomic E-state index is 12.8. The maximum Gasteiger partial charge on any atom is 0.510 e. The smallest absolute Gasteiger partial charge is 0.434 e. The summed E-state index contributed by atoms with van der Waals surface area (Å²) >= 11 is 0. The summed E-state index contributed by atoms with van der Waals surface area (Å²) in [5.74, 6) is 2.03. The minimum Gasteiger partial charge on any atom is -0.434 e. The number of rotatable bonds is 11. The predicted molar refractivity (Wildman–Crippen MR) is 158 cm³/mol. The van der Waals surface area contributed by atoms with Crippen LogP contribution in [0.4, 0.5) is 10.6 Å². The Kier molecular flexibility index (Phi) is 9.26. The van der Waals surface area contributed by atoms with E-state index in [4.69, 9.17) is 9.47 Å². The lowest BCUT2D eigenvalue weighted by Gasteiger charge is -2.29. The first-order valence-electron chi connectivity index (χ1n) is 13.6. The van der Waals surface area contributed by atoms with E-state index in [2.05, 4.69) is 25.0 Å². The molecule has 5 rings (SSSR count). The van der Waals surface area contributed by atoms with Gasteiger partial charge in [0.05, 0.1) is 19.8 Å². The molecule has 14 nitrogen and oxygen atoms in total. The van der Waals surface area contributed by atoms with E-state index in [-0.39, 0.29) is 41.2 Å². The SMILES string of the molecule is Cc1nc(C)c2c(n1)N(Cc1ccc(-c3ccccc3C3=NN(COC(=O)OCCCO[N+](=O)[O-])PN3)cc1)C(=O)CC2. The molecule has 2 aliphatic rings. The van der Waals surface area contributed by atoms with E-state index in [0.717, 1.165) is 33.5 Å². The number of hydrogen-bond acceptors (Lipinski definition) is 12. The van der Waals surface area contributed by atoms with Crippen LogP contribution in [0.2, 0.25) is 0 Å². The number of aromatic nitrogens is 2. The highest BCUT2D eigenvalue weighted by molar-refractivity contribution is 7.34. The van der Waals surface area contributed by atoms with Crippen molar-refractivity contribution in [3.8, 4) is 11.1 Å². The predicted octanol–water partition coefficient (Wildman–Crippen LogP) is 4.02. The quantitative estimate of drug-likeness (QED) is 0.110. The van der Waals surface area contributed by atoms with E-state index in [1.54, 1.807) is 9.68 Å². The number of anilines is 1. The highest BCUT2D eigenvalue weighted by atomic mass is 31.1. The lowest BCUT2D eigenvalue weighted by Crippen LogP contribution is -2.36. The van der Waals surface area contributed by atoms with Gasteiger partial charge in [-0.15, -0.1) is 10.1 Å². The third kappa shape index (κ3) is 7.33. The monoisotopic (exact) mass is 607 g/mol. The number of nitrogens with one attached hydrogen (secondary N) is 1. The van der Waals surface area contributed by atoms with Crippen LogP contribution >= 0.6 is 8.88 Å². The largest absolute Gasteiger partial charge is 0.510 e. The lowest BCUT2D eigenvalue weighted by molar-refractivity contribution is -0.757. The molecular formula is C28H30N7O7P. The summed E-state index contributed by atoms with van der Waals surface area (Å²) in [6, 6.07) is 15.9. The van der Waals surface area contributed by atoms with Crippen molar-refractivity contribution in [1.29, 1.82) is 0 Å². The Morgan fingerprint density at radius 2 is 1.81 bits per heavy atom. The van der Waals surface area contributed by atoms with Gasteiger partial charge >= 0.3 is 6.16 Å². The summed E-state index contributed by atoms with van der Waals surface area (Å²) in [6.07, 6.45) is 0.360. The number of aryl methyl sites for hydroxylation is 2. The molecule has 3 aromatic rings. The molecule has 1 amide bonds. The number of carbonyl (C=O) groups is 2. The van der Waals surface area contributed by atoms with Crippen LogP contribution in [0, 0.1) is 24.0 Å². The number of hydrogen-bond donors (Lipinski definition) is 1. The Bertz CT molecular complexity index is 1550. The van der Waals surface area contributed by atoms with Crippen LogP contribution in [0.15, 0.2) is 53.6 Å². The summed E-state index contributed by atoms with van der Waals surface area (Å²) < 4.78 is 11.5. The second kappa shape index (κ2) is 13.4. The Labute approximate surface area is 249 Å². The first-order valence-corrected chi connectivity index (χ1v) is 14.5. The zero-order chi connectivity index (χ0) is 30.3. The van der Waals surface area contributed by atoms with Gasteiger partial charge in [-0.25, -0.2) is 19.5 Å². The lowest BCUT2D eigenvalue weighted by atomic mass is 9.97. The zero-order valence-electron chi connectivity index (χ0n) is 23.6. The van der Waals surface area contributed by atoms with Crippen LogP contribution in [0.5, 0.6) is 0 Å². The van der Waals surface area contributed by atoms with Gasteiger partial charge < -0.3 is 19.4 Å². The molecular weight excluding hydrogens is 577 g/mol. The van der Waals surface area contributed by atoms with Crippen LogP contribution in [0.25, 0.3) is 11.1 Å². The van der Waals surface area contributed by atoms with Gasteiger partial charge in [0, 0.05) is 29.7 Å². The number of carbonyl (C=O) groups excluding carboxylic acids is 2. The zero-order valence-corrected chi connectivity index (χ0v) is 24.6. The van der Waals surface area contributed by atoms with Gasteiger partial charge in [-0.1, -0.05) is 48.5 Å². The third-order valence-corrected chi connectivity index (χ3v) is 7.61. The molecule has 1 aromatic heterocycles. The van der Waals surface area contributed by atoms with Gasteiger partial charge in [0.15, 0.2) is 12.6 Å². The fourth-order valence-corrected chi connectivity index (χ4v) is 5.47. The van der Waals surface area contributed by atoms with Gasteiger partial charge in [0.2, 0.25) is 5.91 Å². The number of fused-ring (bicyclic) bond motifs is 1. The van der Waals surface area contributed by atoms with Crippen molar-refractivity contribution in [2.24, 2.45) is 5.10 Å². The fourth-order valence-electron chi connectivity index (χ4n) is 4.77. The molecule has 0 aliphatic carbocycles. The number of ether oxygens (including phenoxy) is 2. The van der Waals surface area contributed by atoms with Gasteiger partial charge in [-0.05, 0) is 37.0 Å². The van der Waals surface area contributed by atoms with E-state index in [1.165, 1.54) is 0 Å². The average Bonchev–Trinajstić information content (AvgIpc) is 3.46. The van der Waals surface area contributed by atoms with Gasteiger partial charge in [0.25, 0.3) is 5.09 Å². The molecule has 0 saturated heterocycles. The number of nitrogens with zero attached hydrogens (tertiary/aromatic N) is 6. The molecule has 15 heteroatoms. The van der Waals surface area contributed by atoms with E-state index >= 15 is 0 Å². The van der Waals surface area contributed by atoms with Gasteiger partial charge in [-0.2, -0.15) is 5.10 Å². The van der Waals surface area contributed by atoms with Crippen molar-refractivity contribution in [2.75, 3.05) is 24.8 Å². The van der Waals surface area contributed by atoms with Crippen molar-refractivity contribution >= 4 is 32.6 Å². The molecule has 0 saturated carbocycles. The second-order valence-electron chi connectivity index (χ2n) is 9.75. The number of benzene rings is 2. The molecule has 3 heterocycles. The molecule has 1 atom stereocenters. The molecule has 0 radical (unpaired) electrons. The van der Waals surface area contributed by atoms with E-state index < -0.39 is 11.2 Å². The summed E-state index contributed by atoms with van der Waals surface area (Å²) in [7, 11) is 0.0435. The highest BCUT2D eigenvalue weighted by Crippen LogP contribution is 2.31. The minimum atomic E-state index is -0.904. The Morgan fingerprint density at radius 1 is 1.05 bits per heavy atom. The highest BCUT2D eigenvalue weighted by Gasteiger charge is 2.28. The van der Waals surface area contributed by atoms with Crippen LogP contribution in [0.1, 0.15) is 41.1 Å². The van der Waals surface area contributed by atoms with Gasteiger partial charge in [0.1, 0.15) is 20.5 Å². The standard InChI is InChI=1S/C28H30N7O7P/c1-18-22-12-13-25(36)33(27(22)30-19(2)29-18)16-20-8-10-21(11-9-20)23-6-3-4-7-24(23)26-31-34(43-32-26)17-41-28(37)40-14-5-15-42-35(38)39/h3-4,6-11,43H,5,12-17H2,1-2H3,(H,31,32).